The second kappa shape index (κ2) is 6.85. The van der Waals surface area contributed by atoms with E-state index >= 15 is 0 Å². The molecule has 0 saturated carbocycles. The third-order valence-corrected chi connectivity index (χ3v) is 3.27. The molecule has 2 amide bonds. The highest BCUT2D eigenvalue weighted by molar-refractivity contribution is 5.74. The first-order valence-corrected chi connectivity index (χ1v) is 6.52. The maximum Gasteiger partial charge on any atom is 0.405 e. The highest BCUT2D eigenvalue weighted by Crippen LogP contribution is 2.22. The molecule has 0 bridgehead atoms. The third-order valence-electron chi connectivity index (χ3n) is 3.27. The van der Waals surface area contributed by atoms with Crippen molar-refractivity contribution in [1.29, 1.82) is 0 Å². The first-order chi connectivity index (χ1) is 8.42. The third kappa shape index (κ3) is 5.60. The maximum absolute atomic E-state index is 12.0. The van der Waals surface area contributed by atoms with Gasteiger partial charge in [0.25, 0.3) is 0 Å². The molecule has 0 aromatic heterocycles. The van der Waals surface area contributed by atoms with Gasteiger partial charge in [0.1, 0.15) is 6.54 Å². The summed E-state index contributed by atoms with van der Waals surface area (Å²) in [7, 11) is 0. The van der Waals surface area contributed by atoms with Crippen molar-refractivity contribution in [2.24, 2.45) is 5.92 Å². The van der Waals surface area contributed by atoms with Crippen LogP contribution in [-0.4, -0.2) is 36.7 Å². The summed E-state index contributed by atoms with van der Waals surface area (Å²) < 4.78 is 36.0. The SMILES string of the molecule is CCCC1CCCN(C(=O)NCC(F)(F)F)CC1. The summed E-state index contributed by atoms with van der Waals surface area (Å²) in [4.78, 5) is 13.1. The van der Waals surface area contributed by atoms with E-state index in [1.165, 1.54) is 4.90 Å². The van der Waals surface area contributed by atoms with E-state index in [1.807, 2.05) is 5.32 Å². The van der Waals surface area contributed by atoms with Crippen molar-refractivity contribution in [1.82, 2.24) is 10.2 Å². The molecule has 1 N–H and O–H groups in total. The van der Waals surface area contributed by atoms with Gasteiger partial charge in [-0.3, -0.25) is 0 Å². The molecule has 1 unspecified atom stereocenters. The van der Waals surface area contributed by atoms with Gasteiger partial charge >= 0.3 is 12.2 Å². The molecule has 1 atom stereocenters. The number of amides is 2. The monoisotopic (exact) mass is 266 g/mol. The van der Waals surface area contributed by atoms with Crippen LogP contribution in [0.3, 0.4) is 0 Å². The number of hydrogen-bond acceptors (Lipinski definition) is 1. The van der Waals surface area contributed by atoms with Gasteiger partial charge in [0.05, 0.1) is 0 Å². The largest absolute Gasteiger partial charge is 0.405 e. The van der Waals surface area contributed by atoms with Crippen LogP contribution in [0.15, 0.2) is 0 Å². The summed E-state index contributed by atoms with van der Waals surface area (Å²) in [6.45, 7) is 2.00. The Morgan fingerprint density at radius 3 is 2.67 bits per heavy atom. The van der Waals surface area contributed by atoms with Gasteiger partial charge in [-0.1, -0.05) is 19.8 Å². The molecule has 106 valence electrons. The fourth-order valence-electron chi connectivity index (χ4n) is 2.35. The minimum Gasteiger partial charge on any atom is -0.329 e. The van der Waals surface area contributed by atoms with E-state index in [4.69, 9.17) is 0 Å². The number of urea groups is 1. The van der Waals surface area contributed by atoms with Gasteiger partial charge in [0.2, 0.25) is 0 Å². The predicted molar refractivity (Wildman–Crippen MR) is 63.3 cm³/mol. The lowest BCUT2D eigenvalue weighted by atomic mass is 9.96. The Hall–Kier alpha value is -0.940. The van der Waals surface area contributed by atoms with Crippen molar-refractivity contribution in [3.8, 4) is 0 Å². The van der Waals surface area contributed by atoms with Gasteiger partial charge in [-0.2, -0.15) is 13.2 Å². The van der Waals surface area contributed by atoms with Crippen LogP contribution in [0.5, 0.6) is 0 Å². The molecule has 6 heteroatoms. The Bertz CT molecular complexity index is 269. The summed E-state index contributed by atoms with van der Waals surface area (Å²) in [5.41, 5.74) is 0. The molecule has 0 spiro atoms. The number of carbonyl (C=O) groups excluding carboxylic acids is 1. The summed E-state index contributed by atoms with van der Waals surface area (Å²) in [5.74, 6) is 0.607. The number of halogens is 3. The average Bonchev–Trinajstić information content (AvgIpc) is 2.51. The number of likely N-dealkylation sites (tertiary alicyclic amines) is 1. The second-order valence-corrected chi connectivity index (χ2v) is 4.85. The Morgan fingerprint density at radius 2 is 2.06 bits per heavy atom. The van der Waals surface area contributed by atoms with Gasteiger partial charge in [-0.15, -0.1) is 0 Å². The molecule has 1 fully saturated rings. The zero-order chi connectivity index (χ0) is 13.6. The Morgan fingerprint density at radius 1 is 1.33 bits per heavy atom. The average molecular weight is 266 g/mol. The molecule has 1 rings (SSSR count). The van der Waals surface area contributed by atoms with Crippen molar-refractivity contribution in [3.05, 3.63) is 0 Å². The fourth-order valence-corrected chi connectivity index (χ4v) is 2.35. The number of nitrogens with one attached hydrogen (secondary N) is 1. The van der Waals surface area contributed by atoms with Crippen LogP contribution in [0.25, 0.3) is 0 Å². The minimum absolute atomic E-state index is 0.559. The van der Waals surface area contributed by atoms with Crippen LogP contribution < -0.4 is 5.32 Å². The number of carbonyl (C=O) groups is 1. The summed E-state index contributed by atoms with van der Waals surface area (Å²) >= 11 is 0. The zero-order valence-corrected chi connectivity index (χ0v) is 10.7. The van der Waals surface area contributed by atoms with E-state index < -0.39 is 18.8 Å². The molecule has 18 heavy (non-hydrogen) atoms. The van der Waals surface area contributed by atoms with Crippen LogP contribution in [0.2, 0.25) is 0 Å². The van der Waals surface area contributed by atoms with Gasteiger partial charge in [-0.25, -0.2) is 4.79 Å². The smallest absolute Gasteiger partial charge is 0.329 e. The summed E-state index contributed by atoms with van der Waals surface area (Å²) in [5, 5.41) is 1.93. The van der Waals surface area contributed by atoms with Crippen LogP contribution >= 0.6 is 0 Å². The molecule has 0 aromatic rings. The Balaban J connectivity index is 2.35. The highest BCUT2D eigenvalue weighted by Gasteiger charge is 2.29. The molecule has 1 heterocycles. The van der Waals surface area contributed by atoms with Crippen LogP contribution in [-0.2, 0) is 0 Å². The molecule has 0 radical (unpaired) electrons. The molecule has 0 aromatic carbocycles. The normalized spacial score (nSPS) is 21.6. The van der Waals surface area contributed by atoms with Crippen LogP contribution in [0, 0.1) is 5.92 Å². The summed E-state index contributed by atoms with van der Waals surface area (Å²) in [6, 6.07) is -0.593. The molecule has 3 nitrogen and oxygen atoms in total. The maximum atomic E-state index is 12.0. The van der Waals surface area contributed by atoms with E-state index in [-0.39, 0.29) is 0 Å². The number of nitrogens with zero attached hydrogens (tertiary/aromatic N) is 1. The number of hydrogen-bond donors (Lipinski definition) is 1. The van der Waals surface area contributed by atoms with Crippen LogP contribution in [0.4, 0.5) is 18.0 Å². The number of rotatable bonds is 3. The predicted octanol–water partition coefficient (Wildman–Crippen LogP) is 3.16. The number of alkyl halides is 3. The van der Waals surface area contributed by atoms with E-state index in [9.17, 15) is 18.0 Å². The van der Waals surface area contributed by atoms with Crippen molar-refractivity contribution in [2.45, 2.75) is 45.2 Å². The van der Waals surface area contributed by atoms with Crippen molar-refractivity contribution < 1.29 is 18.0 Å². The van der Waals surface area contributed by atoms with E-state index in [2.05, 4.69) is 6.92 Å². The van der Waals surface area contributed by atoms with Gasteiger partial charge in [0.15, 0.2) is 0 Å². The lowest BCUT2D eigenvalue weighted by Crippen LogP contribution is -2.44. The molecule has 0 aliphatic carbocycles. The molecule has 1 aliphatic rings. The minimum atomic E-state index is -4.34. The lowest BCUT2D eigenvalue weighted by Gasteiger charge is -2.21. The standard InChI is InChI=1S/C12H21F3N2O/c1-2-4-10-5-3-7-17(8-6-10)11(18)16-9-12(13,14)15/h10H,2-9H2,1H3,(H,16,18). The van der Waals surface area contributed by atoms with E-state index in [0.717, 1.165) is 32.1 Å². The van der Waals surface area contributed by atoms with E-state index in [1.54, 1.807) is 0 Å². The summed E-state index contributed by atoms with van der Waals surface area (Å²) in [6.07, 6.45) is 0.753. The Kier molecular flexibility index (Phi) is 5.75. The fraction of sp³-hybridized carbons (Fsp3) is 0.917. The first kappa shape index (κ1) is 15.1. The van der Waals surface area contributed by atoms with Gasteiger partial charge < -0.3 is 10.2 Å². The van der Waals surface area contributed by atoms with Crippen molar-refractivity contribution in [2.75, 3.05) is 19.6 Å². The van der Waals surface area contributed by atoms with Gasteiger partial charge in [-0.05, 0) is 25.2 Å². The van der Waals surface area contributed by atoms with Crippen molar-refractivity contribution in [3.63, 3.8) is 0 Å². The highest BCUT2D eigenvalue weighted by atomic mass is 19.4. The molecule has 1 saturated heterocycles. The topological polar surface area (TPSA) is 32.3 Å². The lowest BCUT2D eigenvalue weighted by molar-refractivity contribution is -0.123. The van der Waals surface area contributed by atoms with Gasteiger partial charge in [0, 0.05) is 13.1 Å². The molecular formula is C12H21F3N2O. The second-order valence-electron chi connectivity index (χ2n) is 4.85. The Labute approximate surface area is 106 Å². The molecular weight excluding hydrogens is 245 g/mol. The van der Waals surface area contributed by atoms with E-state index in [0.29, 0.717) is 19.0 Å². The van der Waals surface area contributed by atoms with Crippen LogP contribution in [0.1, 0.15) is 39.0 Å². The van der Waals surface area contributed by atoms with Crippen molar-refractivity contribution >= 4 is 6.03 Å². The molecule has 1 aliphatic heterocycles. The quantitative estimate of drug-likeness (QED) is 0.836. The zero-order valence-electron chi connectivity index (χ0n) is 10.7. The first-order valence-electron chi connectivity index (χ1n) is 6.52.